The van der Waals surface area contributed by atoms with Gasteiger partial charge in [-0.2, -0.15) is 5.10 Å². The number of carbonyl (C=O) groups is 1. The number of hydrazone groups is 1. The summed E-state index contributed by atoms with van der Waals surface area (Å²) in [6.07, 6.45) is 0.458. The van der Waals surface area contributed by atoms with E-state index in [1.165, 1.54) is 18.2 Å². The zero-order valence-electron chi connectivity index (χ0n) is 11.9. The van der Waals surface area contributed by atoms with Crippen LogP contribution in [0.2, 0.25) is 5.02 Å². The molecule has 0 saturated heterocycles. The van der Waals surface area contributed by atoms with Gasteiger partial charge >= 0.3 is 0 Å². The summed E-state index contributed by atoms with van der Waals surface area (Å²) in [5.41, 5.74) is 3.52. The van der Waals surface area contributed by atoms with Crippen LogP contribution in [0, 0.1) is 0 Å². The maximum Gasteiger partial charge on any atom is 0.272 e. The molecule has 5 nitrogen and oxygen atoms in total. The van der Waals surface area contributed by atoms with E-state index in [4.69, 9.17) is 11.6 Å². The molecule has 2 aromatic rings. The summed E-state index contributed by atoms with van der Waals surface area (Å²) in [6, 6.07) is 10.8. The number of amides is 1. The number of carbonyl (C=O) groups excluding carboxylic acids is 1. The van der Waals surface area contributed by atoms with Crippen LogP contribution in [0.15, 0.2) is 47.6 Å². The Morgan fingerprint density at radius 1 is 1.18 bits per heavy atom. The van der Waals surface area contributed by atoms with Gasteiger partial charge in [0.05, 0.1) is 16.3 Å². The number of phenolic OH excluding ortho intramolecular Hbond substituents is 2. The molecular formula is C16H15ClN2O3. The minimum absolute atomic E-state index is 0.00591. The summed E-state index contributed by atoms with van der Waals surface area (Å²) < 4.78 is 0. The number of rotatable bonds is 4. The third-order valence-electron chi connectivity index (χ3n) is 3.04. The number of hydrogen-bond donors (Lipinski definition) is 3. The van der Waals surface area contributed by atoms with E-state index in [9.17, 15) is 15.0 Å². The van der Waals surface area contributed by atoms with E-state index < -0.39 is 5.91 Å². The molecule has 0 saturated carbocycles. The van der Waals surface area contributed by atoms with E-state index in [1.807, 2.05) is 6.92 Å². The molecule has 0 atom stereocenters. The summed E-state index contributed by atoms with van der Waals surface area (Å²) in [5.74, 6) is -0.465. The number of hydrogen-bond acceptors (Lipinski definition) is 4. The van der Waals surface area contributed by atoms with Crippen molar-refractivity contribution in [2.24, 2.45) is 5.10 Å². The molecule has 2 aromatic carbocycles. The molecular weight excluding hydrogens is 304 g/mol. The minimum atomic E-state index is -0.448. The van der Waals surface area contributed by atoms with Crippen LogP contribution in [-0.4, -0.2) is 21.8 Å². The van der Waals surface area contributed by atoms with Gasteiger partial charge in [-0.3, -0.25) is 4.79 Å². The highest BCUT2D eigenvalue weighted by atomic mass is 35.5. The van der Waals surface area contributed by atoms with Crippen LogP contribution in [0.25, 0.3) is 0 Å². The number of nitrogens with zero attached hydrogens (tertiary/aromatic N) is 1. The molecule has 114 valence electrons. The lowest BCUT2D eigenvalue weighted by Crippen LogP contribution is -2.20. The molecule has 6 heteroatoms. The molecule has 0 aliphatic rings. The maximum atomic E-state index is 12.1. The van der Waals surface area contributed by atoms with Crippen molar-refractivity contribution in [2.45, 2.75) is 13.3 Å². The Balaban J connectivity index is 2.25. The molecule has 3 N–H and O–H groups in total. The molecule has 0 aromatic heterocycles. The molecule has 2 rings (SSSR count). The van der Waals surface area contributed by atoms with Crippen molar-refractivity contribution in [1.82, 2.24) is 5.43 Å². The van der Waals surface area contributed by atoms with Gasteiger partial charge in [-0.05, 0) is 36.8 Å². The first kappa shape index (κ1) is 15.9. The van der Waals surface area contributed by atoms with E-state index >= 15 is 0 Å². The second-order valence-corrected chi connectivity index (χ2v) is 4.94. The average molecular weight is 319 g/mol. The molecule has 0 fully saturated rings. The molecule has 0 aliphatic heterocycles. The van der Waals surface area contributed by atoms with Crippen molar-refractivity contribution in [3.8, 4) is 11.5 Å². The van der Waals surface area contributed by atoms with Crippen LogP contribution >= 0.6 is 11.6 Å². The smallest absolute Gasteiger partial charge is 0.272 e. The zero-order valence-corrected chi connectivity index (χ0v) is 12.6. The topological polar surface area (TPSA) is 81.9 Å². The largest absolute Gasteiger partial charge is 0.508 e. The predicted octanol–water partition coefficient (Wildman–Crippen LogP) is 3.30. The van der Waals surface area contributed by atoms with E-state index in [2.05, 4.69) is 10.5 Å². The highest BCUT2D eigenvalue weighted by Gasteiger charge is 2.12. The lowest BCUT2D eigenvalue weighted by Gasteiger charge is -2.08. The van der Waals surface area contributed by atoms with Crippen LogP contribution in [-0.2, 0) is 0 Å². The average Bonchev–Trinajstić information content (AvgIpc) is 2.51. The third kappa shape index (κ3) is 3.56. The molecule has 0 aliphatic carbocycles. The van der Waals surface area contributed by atoms with Crippen molar-refractivity contribution in [1.29, 1.82) is 0 Å². The third-order valence-corrected chi connectivity index (χ3v) is 3.37. The lowest BCUT2D eigenvalue weighted by atomic mass is 10.1. The Labute approximate surface area is 132 Å². The van der Waals surface area contributed by atoms with Crippen molar-refractivity contribution in [2.75, 3.05) is 0 Å². The Morgan fingerprint density at radius 2 is 1.91 bits per heavy atom. The summed E-state index contributed by atoms with van der Waals surface area (Å²) in [6.45, 7) is 1.82. The normalized spacial score (nSPS) is 11.3. The second kappa shape index (κ2) is 6.95. The molecule has 0 bridgehead atoms. The SMILES string of the molecule is CC/C(=N/NC(=O)c1ccccc1Cl)c1cc(O)ccc1O. The quantitative estimate of drug-likeness (QED) is 0.459. The number of phenols is 2. The van der Waals surface area contributed by atoms with E-state index in [0.29, 0.717) is 28.3 Å². The van der Waals surface area contributed by atoms with Crippen LogP contribution in [0.1, 0.15) is 29.3 Å². The number of nitrogens with one attached hydrogen (secondary N) is 1. The molecule has 0 heterocycles. The molecule has 1 amide bonds. The van der Waals surface area contributed by atoms with Crippen LogP contribution in [0.5, 0.6) is 11.5 Å². The van der Waals surface area contributed by atoms with Gasteiger partial charge < -0.3 is 10.2 Å². The van der Waals surface area contributed by atoms with Gasteiger partial charge in [0.1, 0.15) is 11.5 Å². The summed E-state index contributed by atoms with van der Waals surface area (Å²) in [5, 5.41) is 23.7. The van der Waals surface area contributed by atoms with Gasteiger partial charge in [0.25, 0.3) is 5.91 Å². The fourth-order valence-corrected chi connectivity index (χ4v) is 2.13. The molecule has 0 radical (unpaired) electrons. The van der Waals surface area contributed by atoms with Gasteiger partial charge in [0.15, 0.2) is 0 Å². The van der Waals surface area contributed by atoms with Gasteiger partial charge in [-0.25, -0.2) is 5.43 Å². The first-order chi connectivity index (χ1) is 10.5. The van der Waals surface area contributed by atoms with Gasteiger partial charge in [0, 0.05) is 5.56 Å². The fraction of sp³-hybridized carbons (Fsp3) is 0.125. The highest BCUT2D eigenvalue weighted by molar-refractivity contribution is 6.33. The number of halogens is 1. The van der Waals surface area contributed by atoms with Crippen molar-refractivity contribution in [3.05, 3.63) is 58.6 Å². The minimum Gasteiger partial charge on any atom is -0.508 e. The standard InChI is InChI=1S/C16H15ClN2O3/c1-2-14(12-9-10(20)7-8-15(12)21)18-19-16(22)11-5-3-4-6-13(11)17/h3-9,20-21H,2H2,1H3,(H,19,22)/b18-14-. The Hall–Kier alpha value is -2.53. The van der Waals surface area contributed by atoms with Crippen molar-refractivity contribution < 1.29 is 15.0 Å². The van der Waals surface area contributed by atoms with E-state index in [-0.39, 0.29) is 11.5 Å². The van der Waals surface area contributed by atoms with Crippen LogP contribution in [0.4, 0.5) is 0 Å². The van der Waals surface area contributed by atoms with Crippen molar-refractivity contribution >= 4 is 23.2 Å². The second-order valence-electron chi connectivity index (χ2n) is 4.53. The first-order valence-electron chi connectivity index (χ1n) is 6.66. The first-order valence-corrected chi connectivity index (χ1v) is 7.04. The van der Waals surface area contributed by atoms with Crippen LogP contribution in [0.3, 0.4) is 0 Å². The lowest BCUT2D eigenvalue weighted by molar-refractivity contribution is 0.0955. The van der Waals surface area contributed by atoms with Crippen molar-refractivity contribution in [3.63, 3.8) is 0 Å². The monoisotopic (exact) mass is 318 g/mol. The number of benzene rings is 2. The van der Waals surface area contributed by atoms with Crippen LogP contribution < -0.4 is 5.43 Å². The summed E-state index contributed by atoms with van der Waals surface area (Å²) >= 11 is 5.95. The fourth-order valence-electron chi connectivity index (χ4n) is 1.91. The highest BCUT2D eigenvalue weighted by Crippen LogP contribution is 2.23. The van der Waals surface area contributed by atoms with Gasteiger partial charge in [-0.1, -0.05) is 30.7 Å². The maximum absolute atomic E-state index is 12.1. The summed E-state index contributed by atoms with van der Waals surface area (Å²) in [7, 11) is 0. The number of aromatic hydroxyl groups is 2. The predicted molar refractivity (Wildman–Crippen MR) is 85.5 cm³/mol. The Bertz CT molecular complexity index is 729. The van der Waals surface area contributed by atoms with E-state index in [0.717, 1.165) is 0 Å². The molecule has 0 spiro atoms. The van der Waals surface area contributed by atoms with E-state index in [1.54, 1.807) is 24.3 Å². The Kier molecular flexibility index (Phi) is 5.01. The Morgan fingerprint density at radius 3 is 2.59 bits per heavy atom. The van der Waals surface area contributed by atoms with Gasteiger partial charge in [0.2, 0.25) is 0 Å². The molecule has 22 heavy (non-hydrogen) atoms. The summed E-state index contributed by atoms with van der Waals surface area (Å²) in [4.78, 5) is 12.1. The van der Waals surface area contributed by atoms with Gasteiger partial charge in [-0.15, -0.1) is 0 Å². The molecule has 0 unspecified atom stereocenters. The zero-order chi connectivity index (χ0) is 16.1.